The third-order valence-corrected chi connectivity index (χ3v) is 11.6. The van der Waals surface area contributed by atoms with Gasteiger partial charge in [0.15, 0.2) is 23.3 Å². The Morgan fingerprint density at radius 1 is 0.657 bits per heavy atom. The summed E-state index contributed by atoms with van der Waals surface area (Å²) in [5, 5.41) is 13.5. The van der Waals surface area contributed by atoms with Crippen molar-refractivity contribution in [1.82, 2.24) is 15.0 Å². The van der Waals surface area contributed by atoms with Crippen molar-refractivity contribution < 1.29 is 0 Å². The maximum Gasteiger partial charge on any atom is 0.163 e. The molecule has 0 aliphatic rings. The molecule has 6 nitrogen and oxygen atoms in total. The molecule has 1 atom stereocenters. The van der Waals surface area contributed by atoms with Crippen molar-refractivity contribution in [3.05, 3.63) is 246 Å². The van der Waals surface area contributed by atoms with Crippen LogP contribution in [0.1, 0.15) is 79.5 Å². The summed E-state index contributed by atoms with van der Waals surface area (Å²) >= 11 is 0. The van der Waals surface area contributed by atoms with Gasteiger partial charge in [0.2, 0.25) is 0 Å². The Kier molecular flexibility index (Phi) is 14.3. The van der Waals surface area contributed by atoms with Crippen LogP contribution in [0.4, 0.5) is 0 Å². The number of nitrogens with zero attached hydrogens (tertiary/aromatic N) is 5. The van der Waals surface area contributed by atoms with E-state index < -0.39 is 0 Å². The van der Waals surface area contributed by atoms with Crippen LogP contribution in [0.2, 0.25) is 0 Å². The van der Waals surface area contributed by atoms with Crippen molar-refractivity contribution in [3.8, 4) is 22.5 Å². The highest BCUT2D eigenvalue weighted by Crippen LogP contribution is 2.36. The normalized spacial score (nSPS) is 12.8. The van der Waals surface area contributed by atoms with Gasteiger partial charge in [-0.1, -0.05) is 206 Å². The van der Waals surface area contributed by atoms with E-state index in [-0.39, 0.29) is 11.8 Å². The van der Waals surface area contributed by atoms with Crippen LogP contribution < -0.4 is 0 Å². The summed E-state index contributed by atoms with van der Waals surface area (Å²) in [5.74, 6) is 2.36. The first kappa shape index (κ1) is 45.4. The molecule has 8 aromatic rings. The van der Waals surface area contributed by atoms with Crippen LogP contribution in [-0.2, 0) is 0 Å². The molecule has 0 saturated heterocycles. The maximum atomic E-state index is 8.87. The molecule has 0 bridgehead atoms. The molecule has 8 rings (SSSR count). The number of aliphatic imine (C=N–C) groups is 2. The van der Waals surface area contributed by atoms with Crippen LogP contribution in [0.25, 0.3) is 55.2 Å². The quantitative estimate of drug-likeness (QED) is 0.0412. The van der Waals surface area contributed by atoms with Gasteiger partial charge < -0.3 is 0 Å². The topological polar surface area (TPSA) is 87.2 Å². The van der Waals surface area contributed by atoms with Crippen LogP contribution in [0.5, 0.6) is 0 Å². The lowest BCUT2D eigenvalue weighted by atomic mass is 9.91. The third-order valence-electron chi connectivity index (χ3n) is 11.6. The fraction of sp³-hybridized carbons (Fsp3) is 0.115. The Labute approximate surface area is 394 Å². The minimum Gasteiger partial charge on any atom is -0.282 e. The number of benzene rings is 7. The maximum absolute atomic E-state index is 8.87. The Morgan fingerprint density at radius 2 is 1.33 bits per heavy atom. The summed E-state index contributed by atoms with van der Waals surface area (Å²) < 4.78 is 0. The fourth-order valence-electron chi connectivity index (χ4n) is 7.97. The Bertz CT molecular complexity index is 3270. The molecule has 0 radical (unpaired) electrons. The first-order valence-electron chi connectivity index (χ1n) is 22.7. The molecule has 1 N–H and O–H groups in total. The first-order chi connectivity index (χ1) is 32.7. The SMILES string of the molecule is C=CC(/C=C\C=C(/C)c1cccc2c1ccc1c(-c3cccc(C(N=Cc4ccc(C)cc4)=NC(=N)c4ccccc4)c3)cccc12)c1nc(/C(=C/C=C(C)C)CC)nc(-c2ccccc2)n1. The number of aryl methyl sites for hydroxylation is 1. The lowest BCUT2D eigenvalue weighted by Crippen LogP contribution is -2.07. The van der Waals surface area contributed by atoms with Crippen molar-refractivity contribution in [2.75, 3.05) is 0 Å². The summed E-state index contributed by atoms with van der Waals surface area (Å²) in [6.45, 7) is 14.7. The van der Waals surface area contributed by atoms with Gasteiger partial charge in [0.1, 0.15) is 5.82 Å². The highest BCUT2D eigenvalue weighted by atomic mass is 15.0. The summed E-state index contributed by atoms with van der Waals surface area (Å²) in [6.07, 6.45) is 15.0. The predicted molar refractivity (Wildman–Crippen MR) is 284 cm³/mol. The molecule has 1 aromatic heterocycles. The van der Waals surface area contributed by atoms with Gasteiger partial charge in [-0.25, -0.2) is 24.9 Å². The van der Waals surface area contributed by atoms with Crippen LogP contribution in [0, 0.1) is 12.3 Å². The summed E-state index contributed by atoms with van der Waals surface area (Å²) in [5.41, 5.74) is 11.3. The van der Waals surface area contributed by atoms with Gasteiger partial charge in [-0.05, 0) is 95.1 Å². The van der Waals surface area contributed by atoms with E-state index in [0.29, 0.717) is 23.3 Å². The van der Waals surface area contributed by atoms with Crippen molar-refractivity contribution in [2.24, 2.45) is 9.98 Å². The van der Waals surface area contributed by atoms with Gasteiger partial charge in [0.25, 0.3) is 0 Å². The molecule has 1 heterocycles. The molecule has 6 heteroatoms. The van der Waals surface area contributed by atoms with Crippen LogP contribution in [0.15, 0.2) is 216 Å². The summed E-state index contributed by atoms with van der Waals surface area (Å²) in [4.78, 5) is 24.6. The number of fused-ring (bicyclic) bond motifs is 3. The van der Waals surface area contributed by atoms with Crippen molar-refractivity contribution in [2.45, 2.75) is 47.0 Å². The summed E-state index contributed by atoms with van der Waals surface area (Å²) in [6, 6.07) is 53.6. The minimum atomic E-state index is -0.235. The number of rotatable bonds is 13. The smallest absolute Gasteiger partial charge is 0.163 e. The fourth-order valence-corrected chi connectivity index (χ4v) is 7.97. The summed E-state index contributed by atoms with van der Waals surface area (Å²) in [7, 11) is 0. The van der Waals surface area contributed by atoms with Crippen LogP contribution in [0.3, 0.4) is 0 Å². The van der Waals surface area contributed by atoms with E-state index in [1.165, 1.54) is 27.3 Å². The third kappa shape index (κ3) is 10.8. The molecular formula is C61H54N6. The Hall–Kier alpha value is -8.22. The van der Waals surface area contributed by atoms with E-state index >= 15 is 0 Å². The molecule has 7 aromatic carbocycles. The van der Waals surface area contributed by atoms with Crippen molar-refractivity contribution in [1.29, 1.82) is 5.41 Å². The molecule has 67 heavy (non-hydrogen) atoms. The second-order valence-corrected chi connectivity index (χ2v) is 16.8. The zero-order chi connectivity index (χ0) is 46.7. The van der Waals surface area contributed by atoms with Crippen molar-refractivity contribution in [3.63, 3.8) is 0 Å². The molecule has 0 spiro atoms. The van der Waals surface area contributed by atoms with Gasteiger partial charge in [-0.15, -0.1) is 6.58 Å². The van der Waals surface area contributed by atoms with E-state index in [1.54, 1.807) is 0 Å². The monoisotopic (exact) mass is 870 g/mol. The average molecular weight is 871 g/mol. The molecule has 0 aliphatic heterocycles. The second-order valence-electron chi connectivity index (χ2n) is 16.8. The molecule has 1 unspecified atom stereocenters. The lowest BCUT2D eigenvalue weighted by Gasteiger charge is -2.13. The molecule has 0 amide bonds. The molecule has 328 valence electrons. The Balaban J connectivity index is 1.12. The predicted octanol–water partition coefficient (Wildman–Crippen LogP) is 15.4. The second kappa shape index (κ2) is 21.2. The number of amidine groups is 2. The largest absolute Gasteiger partial charge is 0.282 e. The highest BCUT2D eigenvalue weighted by Gasteiger charge is 2.16. The number of allylic oxidation sites excluding steroid dienone is 9. The van der Waals surface area contributed by atoms with Gasteiger partial charge in [-0.2, -0.15) is 0 Å². The van der Waals surface area contributed by atoms with E-state index in [0.717, 1.165) is 61.9 Å². The molecular weight excluding hydrogens is 817 g/mol. The van der Waals surface area contributed by atoms with E-state index in [2.05, 4.69) is 144 Å². The van der Waals surface area contributed by atoms with E-state index in [4.69, 9.17) is 30.3 Å². The van der Waals surface area contributed by atoms with Crippen molar-refractivity contribution >= 4 is 50.6 Å². The van der Waals surface area contributed by atoms with Crippen LogP contribution >= 0.6 is 0 Å². The zero-order valence-corrected chi connectivity index (χ0v) is 38.8. The highest BCUT2D eigenvalue weighted by molar-refractivity contribution is 6.16. The van der Waals surface area contributed by atoms with Gasteiger partial charge in [0.05, 0.1) is 5.92 Å². The lowest BCUT2D eigenvalue weighted by molar-refractivity contribution is 0.862. The number of nitrogens with one attached hydrogen (secondary N) is 1. The minimum absolute atomic E-state index is 0.151. The first-order valence-corrected chi connectivity index (χ1v) is 22.7. The Morgan fingerprint density at radius 3 is 2.06 bits per heavy atom. The number of hydrogen-bond acceptors (Lipinski definition) is 4. The standard InChI is InChI=1S/C61H54N6/c1-7-45(59-65-60(46(8-2)36-31-41(3)4)67-61(66-59)48-22-13-10-14-23-48)24-15-19-43(6)51-27-17-29-53-54-30-18-28-52(56(54)38-37-55(51)53)49-25-16-26-50(39-49)58(63-40-44-34-32-42(5)33-35-44)64-57(62)47-20-11-9-12-21-47/h7,9-40,45,62H,1,8H2,2-6H3/b24-15-,43-19+,46-36+,62-57?,63-40?,64-58?. The van der Waals surface area contributed by atoms with Gasteiger partial charge in [0, 0.05) is 22.9 Å². The number of aromatic nitrogens is 3. The molecule has 0 fully saturated rings. The van der Waals surface area contributed by atoms with Gasteiger partial charge in [-0.3, -0.25) is 5.41 Å². The van der Waals surface area contributed by atoms with E-state index in [9.17, 15) is 0 Å². The van der Waals surface area contributed by atoms with Crippen LogP contribution in [-0.4, -0.2) is 32.8 Å². The van der Waals surface area contributed by atoms with E-state index in [1.807, 2.05) is 97.2 Å². The molecule has 0 aliphatic carbocycles. The zero-order valence-electron chi connectivity index (χ0n) is 38.8. The van der Waals surface area contributed by atoms with Gasteiger partial charge >= 0.3 is 0 Å². The number of hydrogen-bond donors (Lipinski definition) is 1. The molecule has 0 saturated carbocycles. The average Bonchev–Trinajstić information content (AvgIpc) is 3.37.